The first-order valence-corrected chi connectivity index (χ1v) is 4.87. The van der Waals surface area contributed by atoms with Crippen LogP contribution in [0.1, 0.15) is 11.1 Å². The fourth-order valence-electron chi connectivity index (χ4n) is 1.49. The molecule has 0 aliphatic carbocycles. The molecule has 7 heteroatoms. The van der Waals surface area contributed by atoms with Crippen LogP contribution in [-0.2, 0) is 11.3 Å². The molecule has 1 aromatic rings. The van der Waals surface area contributed by atoms with Gasteiger partial charge in [0, 0.05) is 19.2 Å². The summed E-state index contributed by atoms with van der Waals surface area (Å²) >= 11 is 0. The molecule has 0 amide bonds. The lowest BCUT2D eigenvalue weighted by Gasteiger charge is -2.23. The minimum atomic E-state index is -0.388. The normalized spacial score (nSPS) is 10.9. The lowest BCUT2D eigenvalue weighted by atomic mass is 10.1. The topological polar surface area (TPSA) is 99.5 Å². The summed E-state index contributed by atoms with van der Waals surface area (Å²) in [6, 6.07) is 3.07. The number of ether oxygens (including phenoxy) is 1. The quantitative estimate of drug-likeness (QED) is 0.527. The van der Waals surface area contributed by atoms with Crippen molar-refractivity contribution in [2.45, 2.75) is 13.5 Å². The number of aryl methyl sites for hydroxylation is 1. The second-order valence-corrected chi connectivity index (χ2v) is 3.62. The van der Waals surface area contributed by atoms with E-state index in [9.17, 15) is 15.5 Å². The molecule has 96 valence electrons. The number of phenolic OH excluding ortho intramolecular Hbond substituents is 1. The molecule has 0 aliphatic heterocycles. The number of hydrogen-bond acceptors (Lipinski definition) is 7. The summed E-state index contributed by atoms with van der Waals surface area (Å²) in [5.74, 6) is -0.273. The summed E-state index contributed by atoms with van der Waals surface area (Å²) < 4.78 is 4.72. The lowest BCUT2D eigenvalue weighted by molar-refractivity contribution is -0.0492. The molecule has 0 atom stereocenters. The molecule has 3 N–H and O–H groups in total. The van der Waals surface area contributed by atoms with Crippen molar-refractivity contribution >= 4 is 5.69 Å². The number of methoxy groups -OCH3 is 1. The van der Waals surface area contributed by atoms with Crippen molar-refractivity contribution in [3.05, 3.63) is 28.5 Å². The van der Waals surface area contributed by atoms with Crippen LogP contribution < -0.4 is 5.06 Å². The molecule has 0 aromatic heterocycles. The van der Waals surface area contributed by atoms with E-state index in [1.807, 2.05) is 0 Å². The third-order valence-electron chi connectivity index (χ3n) is 2.15. The Morgan fingerprint density at radius 3 is 2.53 bits per heavy atom. The third kappa shape index (κ3) is 3.55. The molecule has 0 saturated heterocycles. The molecule has 0 aliphatic rings. The fraction of sp³-hybridized carbons (Fsp3) is 0.400. The molecular weight excluding hydrogens is 228 g/mol. The molecule has 0 radical (unpaired) electrons. The van der Waals surface area contributed by atoms with Crippen molar-refractivity contribution in [1.82, 2.24) is 5.23 Å². The molecule has 0 spiro atoms. The Balaban J connectivity index is 3.09. The molecule has 0 fully saturated rings. The number of nitrogens with zero attached hydrogens (tertiary/aromatic N) is 2. The lowest BCUT2D eigenvalue weighted by Crippen LogP contribution is -2.21. The van der Waals surface area contributed by atoms with Crippen LogP contribution in [0.4, 0.5) is 5.69 Å². The zero-order chi connectivity index (χ0) is 13.0. The highest BCUT2D eigenvalue weighted by atomic mass is 16.8. The summed E-state index contributed by atoms with van der Waals surface area (Å²) in [5, 5.41) is 39.0. The van der Waals surface area contributed by atoms with Gasteiger partial charge in [0.25, 0.3) is 0 Å². The summed E-state index contributed by atoms with van der Waals surface area (Å²) in [5.41, 5.74) is 1.06. The summed E-state index contributed by atoms with van der Waals surface area (Å²) in [7, 11) is 1.39. The van der Waals surface area contributed by atoms with Crippen molar-refractivity contribution in [2.75, 3.05) is 18.9 Å². The number of benzene rings is 1. The highest BCUT2D eigenvalue weighted by Gasteiger charge is 2.13. The monoisotopic (exact) mass is 243 g/mol. The minimum absolute atomic E-state index is 0.115. The summed E-state index contributed by atoms with van der Waals surface area (Å²) in [4.78, 5) is 0. The van der Waals surface area contributed by atoms with E-state index >= 15 is 0 Å². The second kappa shape index (κ2) is 5.80. The number of aromatic hydroxyl groups is 1. The van der Waals surface area contributed by atoms with Gasteiger partial charge in [-0.3, -0.25) is 10.4 Å². The first-order chi connectivity index (χ1) is 7.95. The Labute approximate surface area is 98.6 Å². The molecule has 17 heavy (non-hydrogen) atoms. The van der Waals surface area contributed by atoms with E-state index in [1.54, 1.807) is 13.0 Å². The van der Waals surface area contributed by atoms with Crippen LogP contribution in [0.25, 0.3) is 0 Å². The highest BCUT2D eigenvalue weighted by molar-refractivity contribution is 5.61. The fourth-order valence-corrected chi connectivity index (χ4v) is 1.49. The largest absolute Gasteiger partial charge is 0.762 e. The van der Waals surface area contributed by atoms with Gasteiger partial charge in [-0.2, -0.15) is 0 Å². The first-order valence-electron chi connectivity index (χ1n) is 4.87. The summed E-state index contributed by atoms with van der Waals surface area (Å²) in [6.45, 7) is 1.22. The van der Waals surface area contributed by atoms with Crippen molar-refractivity contribution in [3.8, 4) is 5.75 Å². The average Bonchev–Trinajstić information content (AvgIpc) is 2.22. The van der Waals surface area contributed by atoms with E-state index in [4.69, 9.17) is 9.94 Å². The van der Waals surface area contributed by atoms with Crippen LogP contribution >= 0.6 is 0 Å². The summed E-state index contributed by atoms with van der Waals surface area (Å²) in [6.07, 6.45) is 0. The maximum atomic E-state index is 10.5. The molecule has 0 unspecified atom stereocenters. The van der Waals surface area contributed by atoms with Crippen LogP contribution in [0.2, 0.25) is 0 Å². The minimum Gasteiger partial charge on any atom is -0.762 e. The molecule has 0 heterocycles. The molecular formula is C10H15N2O5-. The second-order valence-electron chi connectivity index (χ2n) is 3.62. The van der Waals surface area contributed by atoms with Crippen molar-refractivity contribution in [2.24, 2.45) is 0 Å². The van der Waals surface area contributed by atoms with E-state index in [2.05, 4.69) is 0 Å². The van der Waals surface area contributed by atoms with Gasteiger partial charge in [-0.1, -0.05) is 6.07 Å². The predicted octanol–water partition coefficient (Wildman–Crippen LogP) is 1.19. The van der Waals surface area contributed by atoms with Gasteiger partial charge in [-0.05, 0) is 18.6 Å². The number of rotatable bonds is 5. The Morgan fingerprint density at radius 1 is 1.35 bits per heavy atom. The zero-order valence-corrected chi connectivity index (χ0v) is 9.62. The van der Waals surface area contributed by atoms with Gasteiger partial charge in [0.05, 0.1) is 0 Å². The Kier molecular flexibility index (Phi) is 4.67. The average molecular weight is 243 g/mol. The molecule has 0 saturated carbocycles. The highest BCUT2D eigenvalue weighted by Crippen LogP contribution is 2.32. The Morgan fingerprint density at radius 2 is 2.00 bits per heavy atom. The van der Waals surface area contributed by atoms with Crippen LogP contribution in [0.15, 0.2) is 12.1 Å². The van der Waals surface area contributed by atoms with Crippen molar-refractivity contribution in [1.29, 1.82) is 0 Å². The number of phenols is 1. The van der Waals surface area contributed by atoms with Gasteiger partial charge in [-0.15, -0.1) is 0 Å². The Hall–Kier alpha value is -1.38. The molecule has 1 aromatic carbocycles. The van der Waals surface area contributed by atoms with E-state index in [1.165, 1.54) is 13.2 Å². The number of hydrogen-bond donors (Lipinski definition) is 3. The molecule has 1 rings (SSSR count). The predicted molar refractivity (Wildman–Crippen MR) is 59.7 cm³/mol. The van der Waals surface area contributed by atoms with Gasteiger partial charge >= 0.3 is 0 Å². The first kappa shape index (κ1) is 13.7. The van der Waals surface area contributed by atoms with Crippen LogP contribution in [0, 0.1) is 12.1 Å². The zero-order valence-electron chi connectivity index (χ0n) is 9.62. The smallest absolute Gasteiger partial charge is 0.145 e. The number of hydroxylamine groups is 3. The van der Waals surface area contributed by atoms with Crippen LogP contribution in [-0.4, -0.2) is 34.6 Å². The SMILES string of the molecule is COCN(O)c1cc(C)cc(CN([O-])O)c1O. The van der Waals surface area contributed by atoms with E-state index < -0.39 is 0 Å². The van der Waals surface area contributed by atoms with Gasteiger partial charge in [0.2, 0.25) is 0 Å². The standard InChI is InChI=1S/C10H15N2O5/c1-7-3-8(5-12(15)16)10(13)9(4-7)11(14)6-17-2/h3-4,13-15H,5-6H2,1-2H3/q-1. The van der Waals surface area contributed by atoms with Crippen molar-refractivity contribution in [3.63, 3.8) is 0 Å². The van der Waals surface area contributed by atoms with E-state index in [0.29, 0.717) is 5.06 Å². The van der Waals surface area contributed by atoms with E-state index in [0.717, 1.165) is 5.56 Å². The maximum Gasteiger partial charge on any atom is 0.145 e. The van der Waals surface area contributed by atoms with Crippen molar-refractivity contribution < 1.29 is 20.3 Å². The molecule has 7 nitrogen and oxygen atoms in total. The Bertz CT molecular complexity index is 383. The molecule has 0 bridgehead atoms. The number of anilines is 1. The van der Waals surface area contributed by atoms with Crippen LogP contribution in [0.3, 0.4) is 0 Å². The van der Waals surface area contributed by atoms with Gasteiger partial charge in [0.15, 0.2) is 0 Å². The van der Waals surface area contributed by atoms with Crippen LogP contribution in [0.5, 0.6) is 5.75 Å². The van der Waals surface area contributed by atoms with E-state index in [-0.39, 0.29) is 35.5 Å². The van der Waals surface area contributed by atoms with Gasteiger partial charge in [-0.25, -0.2) is 5.06 Å². The van der Waals surface area contributed by atoms with Gasteiger partial charge < -0.3 is 20.3 Å². The third-order valence-corrected chi connectivity index (χ3v) is 2.15. The van der Waals surface area contributed by atoms with Gasteiger partial charge in [0.1, 0.15) is 18.2 Å². The maximum absolute atomic E-state index is 10.5.